The maximum absolute atomic E-state index is 6.34. The number of para-hydroxylation sites is 1. The summed E-state index contributed by atoms with van der Waals surface area (Å²) in [7, 11) is 0. The van der Waals surface area contributed by atoms with Crippen LogP contribution in [0, 0.1) is 0 Å². The Bertz CT molecular complexity index is 1340. The Labute approximate surface area is 167 Å². The summed E-state index contributed by atoms with van der Waals surface area (Å²) in [6.07, 6.45) is 3.65. The average molecular weight is 381 g/mol. The molecule has 0 spiro atoms. The summed E-state index contributed by atoms with van der Waals surface area (Å²) in [4.78, 5) is 11.5. The number of aromatic nitrogens is 2. The van der Waals surface area contributed by atoms with Crippen LogP contribution >= 0.6 is 0 Å². The van der Waals surface area contributed by atoms with E-state index in [0.29, 0.717) is 0 Å². The molecule has 6 rings (SSSR count). The van der Waals surface area contributed by atoms with Crippen LogP contribution in [0.3, 0.4) is 0 Å². The van der Waals surface area contributed by atoms with Gasteiger partial charge in [-0.15, -0.1) is 0 Å². The van der Waals surface area contributed by atoms with Crippen LogP contribution in [0.2, 0.25) is 0 Å². The number of ether oxygens (including phenoxy) is 1. The van der Waals surface area contributed by atoms with Crippen LogP contribution in [-0.2, 0) is 4.74 Å². The first-order valence-corrected chi connectivity index (χ1v) is 9.86. The molecule has 0 amide bonds. The van der Waals surface area contributed by atoms with Crippen LogP contribution in [0.1, 0.15) is 0 Å². The first-order chi connectivity index (χ1) is 14.4. The second-order valence-electron chi connectivity index (χ2n) is 7.30. The standard InChI is InChI=1S/C24H19N3O2/c1-2-4-21-18(3-1)22-24(29-21)23(27-11-13-28-14-12-27)19-15-17(5-6-20(19)26-22)16-7-9-25-10-8-16/h1-10,15H,11-14H2. The van der Waals surface area contributed by atoms with E-state index in [4.69, 9.17) is 14.1 Å². The first-order valence-electron chi connectivity index (χ1n) is 9.86. The number of nitrogens with zero attached hydrogens (tertiary/aromatic N) is 3. The second-order valence-corrected chi connectivity index (χ2v) is 7.30. The van der Waals surface area contributed by atoms with Gasteiger partial charge in [0.1, 0.15) is 11.1 Å². The molecule has 0 aliphatic carbocycles. The van der Waals surface area contributed by atoms with Crippen molar-refractivity contribution in [3.8, 4) is 11.1 Å². The maximum atomic E-state index is 6.34. The molecular formula is C24H19N3O2. The van der Waals surface area contributed by atoms with Crippen molar-refractivity contribution in [2.45, 2.75) is 0 Å². The number of hydrogen-bond donors (Lipinski definition) is 0. The Morgan fingerprint density at radius 3 is 2.52 bits per heavy atom. The molecule has 5 nitrogen and oxygen atoms in total. The number of pyridine rings is 2. The Balaban J connectivity index is 1.69. The fourth-order valence-electron chi connectivity index (χ4n) is 4.19. The predicted molar refractivity (Wildman–Crippen MR) is 115 cm³/mol. The molecule has 0 radical (unpaired) electrons. The minimum Gasteiger partial charge on any atom is -0.452 e. The van der Waals surface area contributed by atoms with E-state index in [0.717, 1.165) is 76.1 Å². The zero-order chi connectivity index (χ0) is 19.2. The lowest BCUT2D eigenvalue weighted by Crippen LogP contribution is -2.36. The van der Waals surface area contributed by atoms with Gasteiger partial charge in [-0.2, -0.15) is 0 Å². The first kappa shape index (κ1) is 16.5. The molecule has 1 fully saturated rings. The minimum absolute atomic E-state index is 0.718. The Kier molecular flexibility index (Phi) is 3.74. The highest BCUT2D eigenvalue weighted by Crippen LogP contribution is 2.40. The zero-order valence-corrected chi connectivity index (χ0v) is 15.8. The van der Waals surface area contributed by atoms with Gasteiger partial charge in [0.05, 0.1) is 24.4 Å². The van der Waals surface area contributed by atoms with Gasteiger partial charge in [-0.25, -0.2) is 4.98 Å². The van der Waals surface area contributed by atoms with Crippen molar-refractivity contribution in [2.24, 2.45) is 0 Å². The second kappa shape index (κ2) is 6.57. The Morgan fingerprint density at radius 1 is 0.828 bits per heavy atom. The third-order valence-electron chi connectivity index (χ3n) is 5.61. The van der Waals surface area contributed by atoms with E-state index < -0.39 is 0 Å². The quantitative estimate of drug-likeness (QED) is 0.429. The fourth-order valence-corrected chi connectivity index (χ4v) is 4.19. The number of hydrogen-bond acceptors (Lipinski definition) is 5. The molecule has 0 bridgehead atoms. The number of morpholine rings is 1. The molecule has 0 atom stereocenters. The molecule has 1 saturated heterocycles. The van der Waals surface area contributed by atoms with Gasteiger partial charge in [-0.05, 0) is 47.5 Å². The number of rotatable bonds is 2. The molecule has 0 N–H and O–H groups in total. The maximum Gasteiger partial charge on any atom is 0.177 e. The minimum atomic E-state index is 0.718. The van der Waals surface area contributed by atoms with E-state index in [2.05, 4.69) is 34.1 Å². The molecule has 1 aliphatic heterocycles. The van der Waals surface area contributed by atoms with Crippen molar-refractivity contribution in [3.05, 3.63) is 67.0 Å². The van der Waals surface area contributed by atoms with Crippen molar-refractivity contribution in [3.63, 3.8) is 0 Å². The van der Waals surface area contributed by atoms with Crippen molar-refractivity contribution in [2.75, 3.05) is 31.2 Å². The molecule has 29 heavy (non-hydrogen) atoms. The van der Waals surface area contributed by atoms with Gasteiger partial charge >= 0.3 is 0 Å². The van der Waals surface area contributed by atoms with E-state index in [1.54, 1.807) is 0 Å². The van der Waals surface area contributed by atoms with E-state index in [1.807, 2.05) is 42.7 Å². The van der Waals surface area contributed by atoms with Crippen molar-refractivity contribution < 1.29 is 9.15 Å². The number of benzene rings is 2. The lowest BCUT2D eigenvalue weighted by molar-refractivity contribution is 0.123. The summed E-state index contributed by atoms with van der Waals surface area (Å²) in [5.74, 6) is 0. The third kappa shape index (κ3) is 2.66. The van der Waals surface area contributed by atoms with Crippen LogP contribution in [-0.4, -0.2) is 36.3 Å². The average Bonchev–Trinajstić information content (AvgIpc) is 3.16. The summed E-state index contributed by atoms with van der Waals surface area (Å²) in [5, 5.41) is 2.16. The van der Waals surface area contributed by atoms with E-state index in [1.165, 1.54) is 0 Å². The number of fused-ring (bicyclic) bond motifs is 4. The van der Waals surface area contributed by atoms with Gasteiger partial charge in [-0.1, -0.05) is 18.2 Å². The van der Waals surface area contributed by atoms with E-state index in [9.17, 15) is 0 Å². The third-order valence-corrected chi connectivity index (χ3v) is 5.61. The molecular weight excluding hydrogens is 362 g/mol. The lowest BCUT2D eigenvalue weighted by atomic mass is 10.0. The van der Waals surface area contributed by atoms with Crippen molar-refractivity contribution in [1.82, 2.24) is 9.97 Å². The molecule has 5 heteroatoms. The van der Waals surface area contributed by atoms with Gasteiger partial charge < -0.3 is 14.1 Å². The van der Waals surface area contributed by atoms with Gasteiger partial charge in [0.2, 0.25) is 0 Å². The van der Waals surface area contributed by atoms with Crippen molar-refractivity contribution >= 4 is 38.7 Å². The highest BCUT2D eigenvalue weighted by molar-refractivity contribution is 6.14. The Hall–Kier alpha value is -3.44. The largest absolute Gasteiger partial charge is 0.452 e. The summed E-state index contributed by atoms with van der Waals surface area (Å²) < 4.78 is 11.9. The highest BCUT2D eigenvalue weighted by atomic mass is 16.5. The monoisotopic (exact) mass is 381 g/mol. The van der Waals surface area contributed by atoms with E-state index >= 15 is 0 Å². The molecule has 0 saturated carbocycles. The van der Waals surface area contributed by atoms with Crippen LogP contribution in [0.25, 0.3) is 44.1 Å². The molecule has 5 aromatic rings. The topological polar surface area (TPSA) is 51.4 Å². The molecule has 1 aliphatic rings. The SMILES string of the molecule is c1ccc2c(c1)oc1c(N3CCOCC3)c3cc(-c4ccncc4)ccc3nc12. The van der Waals surface area contributed by atoms with Crippen LogP contribution < -0.4 is 4.90 Å². The summed E-state index contributed by atoms with van der Waals surface area (Å²) >= 11 is 0. The van der Waals surface area contributed by atoms with Gasteiger partial charge in [0, 0.05) is 36.3 Å². The van der Waals surface area contributed by atoms with Crippen molar-refractivity contribution in [1.29, 1.82) is 0 Å². The predicted octanol–water partition coefficient (Wildman–Crippen LogP) is 5.03. The molecule has 2 aromatic carbocycles. The molecule has 3 aromatic heterocycles. The van der Waals surface area contributed by atoms with E-state index in [-0.39, 0.29) is 0 Å². The fraction of sp³-hybridized carbons (Fsp3) is 0.167. The van der Waals surface area contributed by atoms with Gasteiger partial charge in [-0.3, -0.25) is 4.98 Å². The number of furan rings is 1. The van der Waals surface area contributed by atoms with Crippen LogP contribution in [0.4, 0.5) is 5.69 Å². The normalized spacial score (nSPS) is 14.8. The lowest BCUT2D eigenvalue weighted by Gasteiger charge is -2.29. The molecule has 142 valence electrons. The summed E-state index contributed by atoms with van der Waals surface area (Å²) in [6, 6.07) is 18.6. The van der Waals surface area contributed by atoms with Crippen LogP contribution in [0.5, 0.6) is 0 Å². The zero-order valence-electron chi connectivity index (χ0n) is 15.8. The highest BCUT2D eigenvalue weighted by Gasteiger charge is 2.22. The number of anilines is 1. The smallest absolute Gasteiger partial charge is 0.177 e. The summed E-state index contributed by atoms with van der Waals surface area (Å²) in [5.41, 5.74) is 7.02. The Morgan fingerprint density at radius 2 is 1.66 bits per heavy atom. The molecule has 4 heterocycles. The molecule has 0 unspecified atom stereocenters. The van der Waals surface area contributed by atoms with Gasteiger partial charge in [0.25, 0.3) is 0 Å². The summed E-state index contributed by atoms with van der Waals surface area (Å²) in [6.45, 7) is 3.11. The van der Waals surface area contributed by atoms with Crippen LogP contribution in [0.15, 0.2) is 71.4 Å². The van der Waals surface area contributed by atoms with Gasteiger partial charge in [0.15, 0.2) is 5.58 Å².